The normalized spacial score (nSPS) is 10.6. The van der Waals surface area contributed by atoms with Gasteiger partial charge in [0.05, 0.1) is 11.7 Å². The zero-order valence-electron chi connectivity index (χ0n) is 15.8. The second kappa shape index (κ2) is 8.67. The van der Waals surface area contributed by atoms with Crippen LogP contribution < -0.4 is 10.6 Å². The number of rotatable bonds is 6. The highest BCUT2D eigenvalue weighted by Crippen LogP contribution is 2.28. The van der Waals surface area contributed by atoms with E-state index < -0.39 is 0 Å². The topological polar surface area (TPSA) is 92.7 Å². The Bertz CT molecular complexity index is 1230. The minimum absolute atomic E-state index is 0.344. The second-order valence-corrected chi connectivity index (χ2v) is 6.84. The van der Waals surface area contributed by atoms with E-state index in [1.165, 1.54) is 12.4 Å². The van der Waals surface area contributed by atoms with Crippen LogP contribution in [0, 0.1) is 0 Å². The van der Waals surface area contributed by atoms with Crippen molar-refractivity contribution in [1.29, 1.82) is 0 Å². The van der Waals surface area contributed by atoms with Crippen molar-refractivity contribution in [2.75, 3.05) is 10.6 Å². The summed E-state index contributed by atoms with van der Waals surface area (Å²) >= 11 is 6.49. The average molecular weight is 417 g/mol. The number of nitrogens with zero attached hydrogens (tertiary/aromatic N) is 4. The number of benzene rings is 1. The number of carbonyl (C=O) groups is 1. The van der Waals surface area contributed by atoms with Crippen molar-refractivity contribution < 1.29 is 4.79 Å². The molecular weight excluding hydrogens is 400 g/mol. The molecule has 0 aliphatic rings. The van der Waals surface area contributed by atoms with E-state index >= 15 is 0 Å². The fourth-order valence-corrected chi connectivity index (χ4v) is 3.15. The molecule has 0 bridgehead atoms. The molecule has 0 fully saturated rings. The van der Waals surface area contributed by atoms with Gasteiger partial charge >= 0.3 is 0 Å². The summed E-state index contributed by atoms with van der Waals surface area (Å²) in [6.45, 7) is 3.44. The summed E-state index contributed by atoms with van der Waals surface area (Å²) in [6.07, 6.45) is 6.62. The Labute approximate surface area is 177 Å². The van der Waals surface area contributed by atoms with Gasteiger partial charge in [-0.05, 0) is 42.0 Å². The Morgan fingerprint density at radius 1 is 1.10 bits per heavy atom. The summed E-state index contributed by atoms with van der Waals surface area (Å²) in [7, 11) is 0. The van der Waals surface area contributed by atoms with E-state index in [2.05, 4.69) is 37.1 Å². The Morgan fingerprint density at radius 2 is 2.00 bits per heavy atom. The van der Waals surface area contributed by atoms with Crippen LogP contribution in [0.2, 0.25) is 5.02 Å². The fourth-order valence-electron chi connectivity index (χ4n) is 2.91. The molecule has 0 unspecified atom stereocenters. The van der Waals surface area contributed by atoms with Crippen molar-refractivity contribution in [2.24, 2.45) is 0 Å². The highest BCUT2D eigenvalue weighted by Gasteiger charge is 2.09. The summed E-state index contributed by atoms with van der Waals surface area (Å²) in [5.74, 6) is 0.613. The SMILES string of the molecule is C=CC(=O)Nc1cc2c(Nc3ccc(Cc4ccccn4)c(Cl)c3)ncnc2cn1. The molecule has 0 atom stereocenters. The molecular formula is C22H17ClN6O. The number of nitrogens with one attached hydrogen (secondary N) is 2. The first kappa shape index (κ1) is 19.5. The third-order valence-corrected chi connectivity index (χ3v) is 4.72. The van der Waals surface area contributed by atoms with Crippen LogP contribution >= 0.6 is 11.6 Å². The van der Waals surface area contributed by atoms with Crippen LogP contribution in [-0.2, 0) is 11.2 Å². The van der Waals surface area contributed by atoms with E-state index in [0.717, 1.165) is 16.9 Å². The lowest BCUT2D eigenvalue weighted by atomic mass is 10.1. The van der Waals surface area contributed by atoms with Crippen LogP contribution in [0.3, 0.4) is 0 Å². The predicted molar refractivity (Wildman–Crippen MR) is 118 cm³/mol. The minimum atomic E-state index is -0.344. The van der Waals surface area contributed by atoms with Gasteiger partial charge in [-0.3, -0.25) is 9.78 Å². The number of fused-ring (bicyclic) bond motifs is 1. The Hall–Kier alpha value is -3.84. The number of pyridine rings is 2. The average Bonchev–Trinajstić information content (AvgIpc) is 2.77. The summed E-state index contributed by atoms with van der Waals surface area (Å²) in [6, 6.07) is 13.2. The molecule has 0 spiro atoms. The van der Waals surface area contributed by atoms with Crippen molar-refractivity contribution >= 4 is 45.7 Å². The summed E-state index contributed by atoms with van der Waals surface area (Å²) in [5.41, 5.74) is 3.34. The lowest BCUT2D eigenvalue weighted by molar-refractivity contribution is -0.111. The molecule has 0 radical (unpaired) electrons. The van der Waals surface area contributed by atoms with Gasteiger partial charge in [-0.2, -0.15) is 0 Å². The first-order valence-electron chi connectivity index (χ1n) is 9.12. The largest absolute Gasteiger partial charge is 0.340 e. The molecule has 0 saturated heterocycles. The van der Waals surface area contributed by atoms with E-state index in [-0.39, 0.29) is 5.91 Å². The zero-order valence-corrected chi connectivity index (χ0v) is 16.6. The third-order valence-electron chi connectivity index (χ3n) is 4.37. The van der Waals surface area contributed by atoms with E-state index in [1.807, 2.05) is 36.4 Å². The van der Waals surface area contributed by atoms with Gasteiger partial charge in [0.25, 0.3) is 0 Å². The molecule has 0 aliphatic heterocycles. The Kier molecular flexibility index (Phi) is 5.63. The van der Waals surface area contributed by atoms with Crippen molar-refractivity contribution in [1.82, 2.24) is 19.9 Å². The van der Waals surface area contributed by atoms with Gasteiger partial charge in [0, 0.05) is 34.4 Å². The van der Waals surface area contributed by atoms with Crippen LogP contribution in [0.25, 0.3) is 10.9 Å². The zero-order chi connectivity index (χ0) is 20.9. The minimum Gasteiger partial charge on any atom is -0.340 e. The van der Waals surface area contributed by atoms with E-state index in [1.54, 1.807) is 18.5 Å². The Balaban J connectivity index is 1.60. The highest BCUT2D eigenvalue weighted by molar-refractivity contribution is 6.31. The van der Waals surface area contributed by atoms with Gasteiger partial charge in [-0.15, -0.1) is 0 Å². The maximum absolute atomic E-state index is 11.6. The molecule has 8 heteroatoms. The number of aromatic nitrogens is 4. The van der Waals surface area contributed by atoms with Gasteiger partial charge in [0.15, 0.2) is 0 Å². The van der Waals surface area contributed by atoms with Crippen molar-refractivity contribution in [3.8, 4) is 0 Å². The Morgan fingerprint density at radius 3 is 2.77 bits per heavy atom. The summed E-state index contributed by atoms with van der Waals surface area (Å²) in [4.78, 5) is 28.6. The van der Waals surface area contributed by atoms with Crippen LogP contribution in [0.1, 0.15) is 11.3 Å². The maximum atomic E-state index is 11.6. The van der Waals surface area contributed by atoms with Crippen LogP contribution in [0.15, 0.2) is 73.8 Å². The molecule has 1 aromatic carbocycles. The number of hydrogen-bond donors (Lipinski definition) is 2. The van der Waals surface area contributed by atoms with E-state index in [4.69, 9.17) is 11.6 Å². The lowest BCUT2D eigenvalue weighted by Crippen LogP contribution is -2.09. The molecule has 3 aromatic heterocycles. The molecule has 30 heavy (non-hydrogen) atoms. The van der Waals surface area contributed by atoms with Gasteiger partial charge in [0.1, 0.15) is 18.0 Å². The number of halogens is 1. The highest BCUT2D eigenvalue weighted by atomic mass is 35.5. The van der Waals surface area contributed by atoms with E-state index in [9.17, 15) is 4.79 Å². The molecule has 2 N–H and O–H groups in total. The second-order valence-electron chi connectivity index (χ2n) is 6.43. The standard InChI is InChI=1S/C22H17ClN6O/c1-2-21(30)29-20-11-17-19(12-25-20)26-13-27-22(17)28-16-7-6-14(18(23)10-16)9-15-5-3-4-8-24-15/h2-8,10-13H,1,9H2,(H,25,29,30)(H,26,27,28). The summed E-state index contributed by atoms with van der Waals surface area (Å²) in [5, 5.41) is 7.24. The van der Waals surface area contributed by atoms with E-state index in [0.29, 0.717) is 34.0 Å². The fraction of sp³-hybridized carbons (Fsp3) is 0.0455. The van der Waals surface area contributed by atoms with Crippen LogP contribution in [0.5, 0.6) is 0 Å². The maximum Gasteiger partial charge on any atom is 0.248 e. The molecule has 4 rings (SSSR count). The first-order chi connectivity index (χ1) is 14.6. The summed E-state index contributed by atoms with van der Waals surface area (Å²) < 4.78 is 0. The number of hydrogen-bond acceptors (Lipinski definition) is 6. The van der Waals surface area contributed by atoms with Gasteiger partial charge in [-0.1, -0.05) is 30.3 Å². The predicted octanol–water partition coefficient (Wildman–Crippen LogP) is 4.53. The van der Waals surface area contributed by atoms with Gasteiger partial charge < -0.3 is 10.6 Å². The number of amides is 1. The first-order valence-corrected chi connectivity index (χ1v) is 9.50. The van der Waals surface area contributed by atoms with Gasteiger partial charge in [-0.25, -0.2) is 15.0 Å². The lowest BCUT2D eigenvalue weighted by Gasteiger charge is -2.11. The molecule has 4 aromatic rings. The molecule has 3 heterocycles. The van der Waals surface area contributed by atoms with Crippen molar-refractivity contribution in [3.05, 3.63) is 90.1 Å². The third kappa shape index (κ3) is 4.42. The number of carbonyl (C=O) groups excluding carboxylic acids is 1. The molecule has 148 valence electrons. The van der Waals surface area contributed by atoms with Gasteiger partial charge in [0.2, 0.25) is 5.91 Å². The smallest absolute Gasteiger partial charge is 0.248 e. The quantitative estimate of drug-likeness (QED) is 0.448. The molecule has 0 saturated carbocycles. The van der Waals surface area contributed by atoms with Crippen molar-refractivity contribution in [3.63, 3.8) is 0 Å². The number of anilines is 3. The van der Waals surface area contributed by atoms with Crippen LogP contribution in [0.4, 0.5) is 17.3 Å². The molecule has 7 nitrogen and oxygen atoms in total. The monoisotopic (exact) mass is 416 g/mol. The molecule has 0 aliphatic carbocycles. The molecule has 1 amide bonds. The van der Waals surface area contributed by atoms with Crippen molar-refractivity contribution in [2.45, 2.75) is 6.42 Å². The van der Waals surface area contributed by atoms with Crippen LogP contribution in [-0.4, -0.2) is 25.8 Å².